The van der Waals surface area contributed by atoms with Crippen LogP contribution in [-0.2, 0) is 28.6 Å². The molecule has 6 heteroatoms. The third-order valence-corrected chi connectivity index (χ3v) is 14.4. The Morgan fingerprint density at radius 1 is 0.276 bits per heavy atom. The molecule has 0 aliphatic carbocycles. The zero-order chi connectivity index (χ0) is 55.0. The van der Waals surface area contributed by atoms with Crippen molar-refractivity contribution >= 4 is 17.9 Å². The normalized spacial score (nSPS) is 12.5. The molecule has 0 heterocycles. The van der Waals surface area contributed by atoms with Crippen molar-refractivity contribution in [1.29, 1.82) is 0 Å². The number of unbranched alkanes of at least 4 members (excludes halogenated alkanes) is 37. The monoisotopic (exact) mass is 1060 g/mol. The van der Waals surface area contributed by atoms with Gasteiger partial charge in [0.2, 0.25) is 0 Å². The molecule has 0 rings (SSSR count). The van der Waals surface area contributed by atoms with E-state index < -0.39 is 6.10 Å². The average molecular weight is 1060 g/mol. The van der Waals surface area contributed by atoms with E-state index in [2.05, 4.69) is 93.7 Å². The SMILES string of the molecule is CC/C=C\C/C=C\C/C=C\C/C=C\CCCCCCC(=O)OC(COC(=O)CCCCCCC/C=C\CCCCCCC)COC(=O)CCCCCCCCCCCCCCCCC/C=C\CCCCCCCCCC. The first-order valence-electron chi connectivity index (χ1n) is 32.9. The van der Waals surface area contributed by atoms with Gasteiger partial charge in [-0.3, -0.25) is 14.4 Å². The van der Waals surface area contributed by atoms with E-state index >= 15 is 0 Å². The van der Waals surface area contributed by atoms with Crippen molar-refractivity contribution in [2.45, 2.75) is 341 Å². The highest BCUT2D eigenvalue weighted by Crippen LogP contribution is 2.17. The summed E-state index contributed by atoms with van der Waals surface area (Å²) in [5.74, 6) is -0.904. The fourth-order valence-electron chi connectivity index (χ4n) is 9.48. The van der Waals surface area contributed by atoms with Crippen LogP contribution in [0.25, 0.3) is 0 Å². The van der Waals surface area contributed by atoms with Gasteiger partial charge in [0, 0.05) is 19.3 Å². The number of hydrogen-bond acceptors (Lipinski definition) is 6. The second-order valence-corrected chi connectivity index (χ2v) is 22.0. The zero-order valence-corrected chi connectivity index (χ0v) is 50.5. The number of allylic oxidation sites excluding steroid dienone is 12. The Morgan fingerprint density at radius 2 is 0.513 bits per heavy atom. The lowest BCUT2D eigenvalue weighted by atomic mass is 10.0. The molecule has 1 unspecified atom stereocenters. The van der Waals surface area contributed by atoms with Crippen molar-refractivity contribution in [3.05, 3.63) is 72.9 Å². The van der Waals surface area contributed by atoms with E-state index in [-0.39, 0.29) is 31.1 Å². The fourth-order valence-corrected chi connectivity index (χ4v) is 9.48. The molecule has 440 valence electrons. The van der Waals surface area contributed by atoms with Crippen molar-refractivity contribution in [3.8, 4) is 0 Å². The van der Waals surface area contributed by atoms with Crippen LogP contribution >= 0.6 is 0 Å². The number of ether oxygens (including phenoxy) is 3. The van der Waals surface area contributed by atoms with Crippen molar-refractivity contribution < 1.29 is 28.6 Å². The van der Waals surface area contributed by atoms with E-state index in [0.29, 0.717) is 19.3 Å². The summed E-state index contributed by atoms with van der Waals surface area (Å²) < 4.78 is 16.9. The number of hydrogen-bond donors (Lipinski definition) is 0. The van der Waals surface area contributed by atoms with Crippen molar-refractivity contribution in [2.24, 2.45) is 0 Å². The highest BCUT2D eigenvalue weighted by molar-refractivity contribution is 5.71. The fraction of sp³-hybridized carbons (Fsp3) is 0.786. The van der Waals surface area contributed by atoms with E-state index in [9.17, 15) is 14.4 Å². The molecule has 0 aromatic heterocycles. The number of carbonyl (C=O) groups excluding carboxylic acids is 3. The summed E-state index contributed by atoms with van der Waals surface area (Å²) >= 11 is 0. The predicted octanol–water partition coefficient (Wildman–Crippen LogP) is 22.5. The van der Waals surface area contributed by atoms with Crippen LogP contribution < -0.4 is 0 Å². The molecule has 0 spiro atoms. The molecule has 6 nitrogen and oxygen atoms in total. The van der Waals surface area contributed by atoms with Crippen molar-refractivity contribution in [3.63, 3.8) is 0 Å². The summed E-state index contributed by atoms with van der Waals surface area (Å²) in [7, 11) is 0. The molecule has 0 aliphatic rings. The van der Waals surface area contributed by atoms with Gasteiger partial charge in [-0.05, 0) is 109 Å². The van der Waals surface area contributed by atoms with Crippen LogP contribution in [0, 0.1) is 0 Å². The Balaban J connectivity index is 4.28. The van der Waals surface area contributed by atoms with E-state index in [1.165, 1.54) is 193 Å². The molecular weight excluding hydrogens is 937 g/mol. The molecule has 0 aliphatic heterocycles. The average Bonchev–Trinajstić information content (AvgIpc) is 3.42. The maximum absolute atomic E-state index is 12.9. The third-order valence-electron chi connectivity index (χ3n) is 14.4. The summed E-state index contributed by atoms with van der Waals surface area (Å²) in [6, 6.07) is 0. The molecule has 0 saturated heterocycles. The van der Waals surface area contributed by atoms with E-state index in [0.717, 1.165) is 103 Å². The molecule has 76 heavy (non-hydrogen) atoms. The maximum atomic E-state index is 12.9. The molecule has 0 saturated carbocycles. The van der Waals surface area contributed by atoms with Gasteiger partial charge in [-0.1, -0.05) is 280 Å². The molecule has 0 aromatic carbocycles. The first kappa shape index (κ1) is 72.8. The van der Waals surface area contributed by atoms with Crippen LogP contribution in [-0.4, -0.2) is 37.2 Å². The van der Waals surface area contributed by atoms with E-state index in [4.69, 9.17) is 14.2 Å². The summed E-state index contributed by atoms with van der Waals surface area (Å²) in [5.41, 5.74) is 0. The van der Waals surface area contributed by atoms with Gasteiger partial charge in [-0.15, -0.1) is 0 Å². The van der Waals surface area contributed by atoms with E-state index in [1.807, 2.05) is 0 Å². The molecule has 0 amide bonds. The highest BCUT2D eigenvalue weighted by atomic mass is 16.6. The van der Waals surface area contributed by atoms with Gasteiger partial charge in [0.1, 0.15) is 13.2 Å². The molecule has 0 fully saturated rings. The molecule has 0 bridgehead atoms. The Morgan fingerprint density at radius 3 is 0.816 bits per heavy atom. The van der Waals surface area contributed by atoms with E-state index in [1.54, 1.807) is 0 Å². The number of esters is 3. The Hall–Kier alpha value is -3.15. The largest absolute Gasteiger partial charge is 0.462 e. The summed E-state index contributed by atoms with van der Waals surface area (Å²) in [6.07, 6.45) is 83.5. The molecule has 1 atom stereocenters. The molecular formula is C70H124O6. The highest BCUT2D eigenvalue weighted by Gasteiger charge is 2.19. The van der Waals surface area contributed by atoms with Crippen LogP contribution in [0.5, 0.6) is 0 Å². The number of rotatable bonds is 60. The van der Waals surface area contributed by atoms with Gasteiger partial charge in [-0.2, -0.15) is 0 Å². The zero-order valence-electron chi connectivity index (χ0n) is 50.5. The topological polar surface area (TPSA) is 78.9 Å². The van der Waals surface area contributed by atoms with Gasteiger partial charge < -0.3 is 14.2 Å². The summed E-state index contributed by atoms with van der Waals surface area (Å²) in [5, 5.41) is 0. The van der Waals surface area contributed by atoms with Gasteiger partial charge >= 0.3 is 17.9 Å². The Kier molecular flexibility index (Phi) is 61.7. The smallest absolute Gasteiger partial charge is 0.306 e. The second kappa shape index (κ2) is 64.4. The first-order valence-corrected chi connectivity index (χ1v) is 32.9. The van der Waals surface area contributed by atoms with Gasteiger partial charge in [0.15, 0.2) is 6.10 Å². The van der Waals surface area contributed by atoms with Gasteiger partial charge in [0.25, 0.3) is 0 Å². The standard InChI is InChI=1S/C70H124O6/c1-4-7-10-13-16-19-22-25-28-30-31-32-33-34-35-36-37-38-39-41-42-45-48-51-54-57-60-63-69(72)75-66-67(65-74-68(71)62-59-56-53-50-47-44-27-24-21-18-15-12-9-6-3)76-70(73)64-61-58-55-52-49-46-43-40-29-26-23-20-17-14-11-8-5-2/h8,11,17,20,24,26-27,29-31,43,46,67H,4-7,9-10,12-16,18-19,21-23,25,28,32-42,44-45,47-66H2,1-3H3/b11-8-,20-17-,27-24-,29-26-,31-30-,46-43-. The van der Waals surface area contributed by atoms with Crippen LogP contribution in [0.2, 0.25) is 0 Å². The summed E-state index contributed by atoms with van der Waals surface area (Å²) in [4.78, 5) is 38.3. The van der Waals surface area contributed by atoms with Crippen LogP contribution in [0.4, 0.5) is 0 Å². The second-order valence-electron chi connectivity index (χ2n) is 22.0. The van der Waals surface area contributed by atoms with Gasteiger partial charge in [-0.25, -0.2) is 0 Å². The van der Waals surface area contributed by atoms with Crippen molar-refractivity contribution in [2.75, 3.05) is 13.2 Å². The Labute approximate surface area is 472 Å². The van der Waals surface area contributed by atoms with Crippen LogP contribution in [0.15, 0.2) is 72.9 Å². The minimum Gasteiger partial charge on any atom is -0.462 e. The van der Waals surface area contributed by atoms with Crippen molar-refractivity contribution in [1.82, 2.24) is 0 Å². The third kappa shape index (κ3) is 61.7. The minimum absolute atomic E-state index is 0.0860. The van der Waals surface area contributed by atoms with Gasteiger partial charge in [0.05, 0.1) is 0 Å². The molecule has 0 aromatic rings. The lowest BCUT2D eigenvalue weighted by Crippen LogP contribution is -2.30. The first-order chi connectivity index (χ1) is 37.5. The maximum Gasteiger partial charge on any atom is 0.306 e. The van der Waals surface area contributed by atoms with Crippen LogP contribution in [0.3, 0.4) is 0 Å². The lowest BCUT2D eigenvalue weighted by molar-refractivity contribution is -0.167. The molecule has 0 N–H and O–H groups in total. The summed E-state index contributed by atoms with van der Waals surface area (Å²) in [6.45, 7) is 6.53. The predicted molar refractivity (Wildman–Crippen MR) is 330 cm³/mol. The lowest BCUT2D eigenvalue weighted by Gasteiger charge is -2.18. The molecule has 0 radical (unpaired) electrons. The minimum atomic E-state index is -0.792. The number of carbonyl (C=O) groups is 3. The van der Waals surface area contributed by atoms with Crippen LogP contribution in [0.1, 0.15) is 335 Å². The quantitative estimate of drug-likeness (QED) is 0.0261. The Bertz CT molecular complexity index is 1400.